The highest BCUT2D eigenvalue weighted by Crippen LogP contribution is 2.22. The number of hydrogen-bond donors (Lipinski definition) is 0. The van der Waals surface area contributed by atoms with E-state index in [1.807, 2.05) is 46.7 Å². The number of rotatable bonds is 5. The Morgan fingerprint density at radius 2 is 1.73 bits per heavy atom. The Labute approximate surface area is 190 Å². The number of hydrogen-bond acceptors (Lipinski definition) is 6. The van der Waals surface area contributed by atoms with E-state index < -0.39 is 0 Å². The van der Waals surface area contributed by atoms with Gasteiger partial charge in [0.1, 0.15) is 23.9 Å². The van der Waals surface area contributed by atoms with E-state index in [0.29, 0.717) is 49.4 Å². The third-order valence-corrected chi connectivity index (χ3v) is 5.78. The fourth-order valence-corrected chi connectivity index (χ4v) is 3.91. The molecule has 0 bridgehead atoms. The molecule has 33 heavy (non-hydrogen) atoms. The maximum Gasteiger partial charge on any atom is 0.258 e. The van der Waals surface area contributed by atoms with Crippen LogP contribution in [0.4, 0.5) is 10.1 Å². The second kappa shape index (κ2) is 8.85. The number of aryl methyl sites for hydroxylation is 1. The highest BCUT2D eigenvalue weighted by Gasteiger charge is 2.23. The minimum absolute atomic E-state index is 0.0268. The zero-order valence-corrected chi connectivity index (χ0v) is 18.2. The lowest BCUT2D eigenvalue weighted by molar-refractivity contribution is -0.132. The molecule has 2 aromatic carbocycles. The van der Waals surface area contributed by atoms with Crippen LogP contribution in [0.25, 0.3) is 23.0 Å². The molecule has 0 saturated carbocycles. The number of halogens is 1. The second-order valence-corrected chi connectivity index (χ2v) is 7.93. The zero-order chi connectivity index (χ0) is 22.8. The SMILES string of the molecule is Cc1nc(-c2noc(-c3ccccc3)n2)cn1CC(=O)N1CCN(c2ccc(F)cc2)CC1. The number of carbonyl (C=O) groups is 1. The largest absolute Gasteiger partial charge is 0.368 e. The summed E-state index contributed by atoms with van der Waals surface area (Å²) in [6.45, 7) is 4.68. The Morgan fingerprint density at radius 3 is 2.45 bits per heavy atom. The van der Waals surface area contributed by atoms with E-state index in [1.54, 1.807) is 18.3 Å². The van der Waals surface area contributed by atoms with Gasteiger partial charge < -0.3 is 18.9 Å². The van der Waals surface area contributed by atoms with Crippen LogP contribution in [0, 0.1) is 12.7 Å². The third kappa shape index (κ3) is 4.48. The minimum Gasteiger partial charge on any atom is -0.368 e. The summed E-state index contributed by atoms with van der Waals surface area (Å²) in [5, 5.41) is 4.04. The van der Waals surface area contributed by atoms with E-state index in [9.17, 15) is 9.18 Å². The lowest BCUT2D eigenvalue weighted by atomic mass is 10.2. The summed E-state index contributed by atoms with van der Waals surface area (Å²) in [4.78, 5) is 25.9. The first-order valence-electron chi connectivity index (χ1n) is 10.8. The van der Waals surface area contributed by atoms with Crippen molar-refractivity contribution in [1.82, 2.24) is 24.6 Å². The quantitative estimate of drug-likeness (QED) is 0.468. The third-order valence-electron chi connectivity index (χ3n) is 5.78. The van der Waals surface area contributed by atoms with Crippen molar-refractivity contribution in [2.75, 3.05) is 31.1 Å². The van der Waals surface area contributed by atoms with Crippen LogP contribution >= 0.6 is 0 Å². The van der Waals surface area contributed by atoms with Gasteiger partial charge in [-0.1, -0.05) is 23.4 Å². The number of aromatic nitrogens is 4. The van der Waals surface area contributed by atoms with Crippen LogP contribution in [0.2, 0.25) is 0 Å². The fraction of sp³-hybridized carbons (Fsp3) is 0.250. The van der Waals surface area contributed by atoms with Crippen LogP contribution in [0.1, 0.15) is 5.82 Å². The van der Waals surface area contributed by atoms with Gasteiger partial charge in [-0.05, 0) is 43.3 Å². The highest BCUT2D eigenvalue weighted by molar-refractivity contribution is 5.76. The Bertz CT molecular complexity index is 1240. The minimum atomic E-state index is -0.250. The molecule has 168 valence electrons. The number of carbonyl (C=O) groups excluding carboxylic acids is 1. The van der Waals surface area contributed by atoms with Crippen molar-refractivity contribution in [2.45, 2.75) is 13.5 Å². The van der Waals surface area contributed by atoms with Gasteiger partial charge in [0.25, 0.3) is 5.89 Å². The van der Waals surface area contributed by atoms with E-state index >= 15 is 0 Å². The Hall–Kier alpha value is -4.01. The molecule has 0 spiro atoms. The van der Waals surface area contributed by atoms with Crippen molar-refractivity contribution in [3.8, 4) is 23.0 Å². The summed E-state index contributed by atoms with van der Waals surface area (Å²) < 4.78 is 20.3. The molecule has 0 unspecified atom stereocenters. The number of imidazole rings is 1. The Kier molecular flexibility index (Phi) is 5.60. The molecule has 8 nitrogen and oxygen atoms in total. The van der Waals surface area contributed by atoms with Crippen LogP contribution in [0.5, 0.6) is 0 Å². The molecule has 3 heterocycles. The average Bonchev–Trinajstić information content (AvgIpc) is 3.48. The summed E-state index contributed by atoms with van der Waals surface area (Å²) in [6.07, 6.45) is 1.78. The molecule has 9 heteroatoms. The maximum absolute atomic E-state index is 13.2. The molecule has 1 fully saturated rings. The van der Waals surface area contributed by atoms with E-state index in [0.717, 1.165) is 11.3 Å². The predicted octanol–water partition coefficient (Wildman–Crippen LogP) is 3.40. The summed E-state index contributed by atoms with van der Waals surface area (Å²) in [6, 6.07) is 16.0. The Balaban J connectivity index is 1.22. The van der Waals surface area contributed by atoms with Gasteiger partial charge in [-0.3, -0.25) is 4.79 Å². The molecule has 1 aliphatic heterocycles. The average molecular weight is 446 g/mol. The second-order valence-electron chi connectivity index (χ2n) is 7.93. The molecule has 1 saturated heterocycles. The van der Waals surface area contributed by atoms with Crippen molar-refractivity contribution in [3.05, 3.63) is 72.4 Å². The first kappa shape index (κ1) is 20.9. The molecular weight excluding hydrogens is 423 g/mol. The van der Waals surface area contributed by atoms with Crippen molar-refractivity contribution in [1.29, 1.82) is 0 Å². The van der Waals surface area contributed by atoms with Crippen LogP contribution in [0.3, 0.4) is 0 Å². The van der Waals surface area contributed by atoms with Gasteiger partial charge in [-0.25, -0.2) is 9.37 Å². The molecule has 4 aromatic rings. The van der Waals surface area contributed by atoms with E-state index in [4.69, 9.17) is 4.52 Å². The zero-order valence-electron chi connectivity index (χ0n) is 18.2. The molecule has 1 amide bonds. The molecule has 0 atom stereocenters. The number of piperazine rings is 1. The predicted molar refractivity (Wildman–Crippen MR) is 121 cm³/mol. The van der Waals surface area contributed by atoms with Gasteiger partial charge in [0.15, 0.2) is 0 Å². The number of nitrogens with zero attached hydrogens (tertiary/aromatic N) is 6. The van der Waals surface area contributed by atoms with Gasteiger partial charge in [-0.2, -0.15) is 4.98 Å². The first-order chi connectivity index (χ1) is 16.1. The van der Waals surface area contributed by atoms with Gasteiger partial charge in [-0.15, -0.1) is 0 Å². The van der Waals surface area contributed by atoms with Crippen LogP contribution in [-0.4, -0.2) is 56.7 Å². The standard InChI is InChI=1S/C24H23FN6O2/c1-17-26-21(23-27-24(33-28-23)18-5-3-2-4-6-18)15-31(17)16-22(32)30-13-11-29(12-14-30)20-9-7-19(25)8-10-20/h2-10,15H,11-14,16H2,1H3. The lowest BCUT2D eigenvalue weighted by Gasteiger charge is -2.36. The number of amides is 1. The van der Waals surface area contributed by atoms with Crippen molar-refractivity contribution >= 4 is 11.6 Å². The number of benzene rings is 2. The monoisotopic (exact) mass is 446 g/mol. The molecule has 0 aliphatic carbocycles. The summed E-state index contributed by atoms with van der Waals surface area (Å²) in [5.74, 6) is 1.29. The Morgan fingerprint density at radius 1 is 1.00 bits per heavy atom. The van der Waals surface area contributed by atoms with E-state index in [2.05, 4.69) is 20.0 Å². The summed E-state index contributed by atoms with van der Waals surface area (Å²) >= 11 is 0. The van der Waals surface area contributed by atoms with Crippen molar-refractivity contribution in [2.24, 2.45) is 0 Å². The van der Waals surface area contributed by atoms with Gasteiger partial charge in [0.05, 0.1) is 0 Å². The molecule has 0 radical (unpaired) electrons. The van der Waals surface area contributed by atoms with Gasteiger partial charge in [0.2, 0.25) is 11.7 Å². The fourth-order valence-electron chi connectivity index (χ4n) is 3.91. The lowest BCUT2D eigenvalue weighted by Crippen LogP contribution is -2.49. The normalized spacial score (nSPS) is 14.0. The van der Waals surface area contributed by atoms with Crippen LogP contribution < -0.4 is 4.90 Å². The highest BCUT2D eigenvalue weighted by atomic mass is 19.1. The molecule has 0 N–H and O–H groups in total. The van der Waals surface area contributed by atoms with Crippen LogP contribution in [-0.2, 0) is 11.3 Å². The summed E-state index contributed by atoms with van der Waals surface area (Å²) in [5.41, 5.74) is 2.36. The van der Waals surface area contributed by atoms with Crippen molar-refractivity contribution in [3.63, 3.8) is 0 Å². The molecule has 5 rings (SSSR count). The van der Waals surface area contributed by atoms with E-state index in [1.165, 1.54) is 12.1 Å². The van der Waals surface area contributed by atoms with Gasteiger partial charge in [0, 0.05) is 43.6 Å². The number of anilines is 1. The summed E-state index contributed by atoms with van der Waals surface area (Å²) in [7, 11) is 0. The first-order valence-corrected chi connectivity index (χ1v) is 10.8. The topological polar surface area (TPSA) is 80.3 Å². The maximum atomic E-state index is 13.2. The molecular formula is C24H23FN6O2. The smallest absolute Gasteiger partial charge is 0.258 e. The van der Waals surface area contributed by atoms with Gasteiger partial charge >= 0.3 is 0 Å². The van der Waals surface area contributed by atoms with E-state index in [-0.39, 0.29) is 18.3 Å². The molecule has 2 aromatic heterocycles. The van der Waals surface area contributed by atoms with Crippen molar-refractivity contribution < 1.29 is 13.7 Å². The van der Waals surface area contributed by atoms with Crippen LogP contribution in [0.15, 0.2) is 65.3 Å². The molecule has 1 aliphatic rings.